The highest BCUT2D eigenvalue weighted by Gasteiger charge is 2.24. The van der Waals surface area contributed by atoms with Crippen LogP contribution in [0.3, 0.4) is 0 Å². The van der Waals surface area contributed by atoms with E-state index in [1.54, 1.807) is 0 Å². The van der Waals surface area contributed by atoms with Crippen LogP contribution in [0.4, 0.5) is 5.95 Å². The predicted molar refractivity (Wildman–Crippen MR) is 115 cm³/mol. The van der Waals surface area contributed by atoms with Crippen molar-refractivity contribution in [3.05, 3.63) is 18.5 Å². The minimum absolute atomic E-state index is 0.571. The molecule has 1 aliphatic heterocycles. The van der Waals surface area contributed by atoms with Gasteiger partial charge in [-0.15, -0.1) is 0 Å². The Labute approximate surface area is 167 Å². The van der Waals surface area contributed by atoms with Gasteiger partial charge >= 0.3 is 0 Å². The van der Waals surface area contributed by atoms with Gasteiger partial charge in [0.2, 0.25) is 5.95 Å². The molecule has 0 aromatic carbocycles. The van der Waals surface area contributed by atoms with Gasteiger partial charge in [-0.1, -0.05) is 0 Å². The average Bonchev–Trinajstić information content (AvgIpc) is 3.19. The van der Waals surface area contributed by atoms with Crippen LogP contribution in [-0.2, 0) is 0 Å². The first-order valence-electron chi connectivity index (χ1n) is 10.0. The quantitative estimate of drug-likeness (QED) is 0.414. The maximum Gasteiger partial charge on any atom is 0.225 e. The summed E-state index contributed by atoms with van der Waals surface area (Å²) in [6, 6.07) is 2.44. The third kappa shape index (κ3) is 6.24. The summed E-state index contributed by atoms with van der Waals surface area (Å²) in [5.41, 5.74) is 0. The fraction of sp³-hybridized carbons (Fsp3) is 0.737. The minimum Gasteiger partial charge on any atom is -0.356 e. The Bertz CT molecular complexity index is 575. The van der Waals surface area contributed by atoms with Crippen molar-refractivity contribution in [2.75, 3.05) is 57.5 Å². The second-order valence-corrected chi connectivity index (χ2v) is 8.38. The maximum absolute atomic E-state index is 4.38. The number of thioether (sulfide) groups is 1. The van der Waals surface area contributed by atoms with E-state index in [1.807, 2.05) is 37.3 Å². The zero-order valence-corrected chi connectivity index (χ0v) is 17.4. The molecular formula is C19H33N7S. The van der Waals surface area contributed by atoms with E-state index in [0.717, 1.165) is 62.8 Å². The third-order valence-corrected chi connectivity index (χ3v) is 6.53. The smallest absolute Gasteiger partial charge is 0.225 e. The normalized spacial score (nSPS) is 24.2. The summed E-state index contributed by atoms with van der Waals surface area (Å²) in [6.45, 7) is 6.22. The molecule has 0 radical (unpaired) electrons. The summed E-state index contributed by atoms with van der Waals surface area (Å²) in [4.78, 5) is 17.9. The number of aliphatic imine (C=N–C) groups is 1. The van der Waals surface area contributed by atoms with Crippen molar-refractivity contribution in [1.82, 2.24) is 25.5 Å². The fourth-order valence-corrected chi connectivity index (χ4v) is 4.61. The lowest BCUT2D eigenvalue weighted by molar-refractivity contribution is 0.254. The molecule has 0 bridgehead atoms. The summed E-state index contributed by atoms with van der Waals surface area (Å²) in [5.74, 6) is 1.80. The number of aromatic nitrogens is 2. The number of nitrogens with one attached hydrogen (secondary N) is 2. The molecule has 2 atom stereocenters. The first-order chi connectivity index (χ1) is 13.3. The van der Waals surface area contributed by atoms with Crippen LogP contribution in [0, 0.1) is 0 Å². The van der Waals surface area contributed by atoms with Crippen LogP contribution >= 0.6 is 11.8 Å². The van der Waals surface area contributed by atoms with E-state index in [-0.39, 0.29) is 0 Å². The van der Waals surface area contributed by atoms with Gasteiger partial charge in [-0.2, -0.15) is 11.8 Å². The van der Waals surface area contributed by atoms with Crippen molar-refractivity contribution < 1.29 is 0 Å². The van der Waals surface area contributed by atoms with Crippen molar-refractivity contribution in [3.63, 3.8) is 0 Å². The largest absolute Gasteiger partial charge is 0.356 e. The monoisotopic (exact) mass is 391 g/mol. The van der Waals surface area contributed by atoms with Gasteiger partial charge in [0.15, 0.2) is 5.96 Å². The molecule has 2 heterocycles. The SMILES string of the molecule is CN=C(NCCCN1CCN(c2ncccn2)CC1)NC1CCC(SC)C1. The van der Waals surface area contributed by atoms with E-state index >= 15 is 0 Å². The highest BCUT2D eigenvalue weighted by Crippen LogP contribution is 2.27. The van der Waals surface area contributed by atoms with Crippen LogP contribution in [0.2, 0.25) is 0 Å². The Kier molecular flexibility index (Phi) is 8.01. The van der Waals surface area contributed by atoms with Crippen LogP contribution in [0.25, 0.3) is 0 Å². The number of guanidine groups is 1. The lowest BCUT2D eigenvalue weighted by atomic mass is 10.2. The Morgan fingerprint density at radius 1 is 1.22 bits per heavy atom. The molecule has 150 valence electrons. The van der Waals surface area contributed by atoms with Gasteiger partial charge in [-0.25, -0.2) is 9.97 Å². The van der Waals surface area contributed by atoms with E-state index in [4.69, 9.17) is 0 Å². The van der Waals surface area contributed by atoms with E-state index in [1.165, 1.54) is 19.3 Å². The lowest BCUT2D eigenvalue weighted by Crippen LogP contribution is -2.48. The molecule has 3 rings (SSSR count). The molecule has 2 aliphatic rings. The zero-order chi connectivity index (χ0) is 18.9. The predicted octanol–water partition coefficient (Wildman–Crippen LogP) is 1.44. The second-order valence-electron chi connectivity index (χ2n) is 7.24. The molecule has 0 spiro atoms. The van der Waals surface area contributed by atoms with Crippen LogP contribution in [-0.4, -0.2) is 84.7 Å². The van der Waals surface area contributed by atoms with Gasteiger partial charge in [0.1, 0.15) is 0 Å². The third-order valence-electron chi connectivity index (χ3n) is 5.43. The first-order valence-corrected chi connectivity index (χ1v) is 11.3. The average molecular weight is 392 g/mol. The maximum atomic E-state index is 4.38. The number of hydrogen-bond acceptors (Lipinski definition) is 6. The van der Waals surface area contributed by atoms with Crippen molar-refractivity contribution >= 4 is 23.7 Å². The van der Waals surface area contributed by atoms with E-state index in [9.17, 15) is 0 Å². The summed E-state index contributed by atoms with van der Waals surface area (Å²) in [6.07, 6.45) is 10.8. The lowest BCUT2D eigenvalue weighted by Gasteiger charge is -2.34. The fourth-order valence-electron chi connectivity index (χ4n) is 3.81. The van der Waals surface area contributed by atoms with Crippen LogP contribution in [0.1, 0.15) is 25.7 Å². The molecule has 1 aromatic heterocycles. The highest BCUT2D eigenvalue weighted by atomic mass is 32.2. The topological polar surface area (TPSA) is 68.7 Å². The Morgan fingerprint density at radius 2 is 2.00 bits per heavy atom. The molecule has 2 unspecified atom stereocenters. The number of rotatable bonds is 7. The first kappa shape index (κ1) is 20.2. The van der Waals surface area contributed by atoms with Gasteiger partial charge in [0, 0.05) is 63.5 Å². The minimum atomic E-state index is 0.571. The summed E-state index contributed by atoms with van der Waals surface area (Å²) in [5, 5.41) is 7.87. The van der Waals surface area contributed by atoms with Crippen molar-refractivity contribution in [2.24, 2.45) is 4.99 Å². The molecule has 2 fully saturated rings. The standard InChI is InChI=1S/C19H33N7S/c1-20-18(24-16-5-6-17(15-16)27-2)21-9-4-10-25-11-13-26(14-12-25)19-22-7-3-8-23-19/h3,7-8,16-17H,4-6,9-15H2,1-2H3,(H2,20,21,24). The van der Waals surface area contributed by atoms with Gasteiger partial charge < -0.3 is 15.5 Å². The number of anilines is 1. The molecule has 27 heavy (non-hydrogen) atoms. The van der Waals surface area contributed by atoms with Crippen LogP contribution < -0.4 is 15.5 Å². The second kappa shape index (κ2) is 10.7. The summed E-state index contributed by atoms with van der Waals surface area (Å²) >= 11 is 1.99. The Hall–Kier alpha value is -1.54. The molecule has 1 saturated heterocycles. The van der Waals surface area contributed by atoms with Crippen LogP contribution in [0.5, 0.6) is 0 Å². The van der Waals surface area contributed by atoms with Gasteiger partial charge in [-0.05, 0) is 44.6 Å². The van der Waals surface area contributed by atoms with Gasteiger partial charge in [0.25, 0.3) is 0 Å². The summed E-state index contributed by atoms with van der Waals surface area (Å²) in [7, 11) is 1.86. The molecule has 0 amide bonds. The number of piperazine rings is 1. The molecule has 1 aliphatic carbocycles. The molecule has 1 aromatic rings. The zero-order valence-electron chi connectivity index (χ0n) is 16.6. The van der Waals surface area contributed by atoms with E-state index < -0.39 is 0 Å². The Morgan fingerprint density at radius 3 is 2.67 bits per heavy atom. The van der Waals surface area contributed by atoms with E-state index in [0.29, 0.717) is 6.04 Å². The molecule has 7 nitrogen and oxygen atoms in total. The molecule has 2 N–H and O–H groups in total. The van der Waals surface area contributed by atoms with Crippen molar-refractivity contribution in [2.45, 2.75) is 37.0 Å². The molecular weight excluding hydrogens is 358 g/mol. The van der Waals surface area contributed by atoms with Gasteiger partial charge in [0.05, 0.1) is 0 Å². The Balaban J connectivity index is 1.29. The summed E-state index contributed by atoms with van der Waals surface area (Å²) < 4.78 is 0. The highest BCUT2D eigenvalue weighted by molar-refractivity contribution is 7.99. The van der Waals surface area contributed by atoms with Gasteiger partial charge in [-0.3, -0.25) is 9.89 Å². The number of hydrogen-bond donors (Lipinski definition) is 2. The van der Waals surface area contributed by atoms with Crippen molar-refractivity contribution in [3.8, 4) is 0 Å². The molecule has 8 heteroatoms. The van der Waals surface area contributed by atoms with Crippen LogP contribution in [0.15, 0.2) is 23.5 Å². The van der Waals surface area contributed by atoms with E-state index in [2.05, 4.69) is 41.6 Å². The van der Waals surface area contributed by atoms with Crippen molar-refractivity contribution in [1.29, 1.82) is 0 Å². The number of nitrogens with zero attached hydrogens (tertiary/aromatic N) is 5. The molecule has 1 saturated carbocycles.